The van der Waals surface area contributed by atoms with E-state index in [1.54, 1.807) is 12.1 Å². The Kier molecular flexibility index (Phi) is 16.1. The lowest BCUT2D eigenvalue weighted by molar-refractivity contribution is -0.435. The molecule has 0 fully saturated rings. The molecule has 56 heavy (non-hydrogen) atoms. The van der Waals surface area contributed by atoms with E-state index in [9.17, 15) is 39.1 Å². The number of rotatable bonds is 21. The first-order valence-electron chi connectivity index (χ1n) is 14.4. The number of nitrogen functional groups attached to an aromatic ring is 1. The van der Waals surface area contributed by atoms with Crippen LogP contribution in [0.4, 0.5) is 28.4 Å². The van der Waals surface area contributed by atoms with Crippen molar-refractivity contribution in [3.8, 4) is 5.75 Å². The number of phenols is 1. The Balaban J connectivity index is 1.64. The topological polar surface area (TPSA) is 361 Å². The van der Waals surface area contributed by atoms with Crippen molar-refractivity contribution in [1.82, 2.24) is 0 Å². The molecule has 0 saturated heterocycles. The molecule has 4 aromatic carbocycles. The monoisotopic (exact) mass is 903 g/mol. The van der Waals surface area contributed by atoms with Gasteiger partial charge in [-0.25, -0.2) is 32.2 Å². The van der Waals surface area contributed by atoms with Gasteiger partial charge in [0.1, 0.15) is 16.3 Å². The van der Waals surface area contributed by atoms with Crippen molar-refractivity contribution in [2.75, 3.05) is 30.5 Å². The average Bonchev–Trinajstić information content (AvgIpc) is 3.12. The molecule has 1 unspecified atom stereocenters. The molecule has 0 bridgehead atoms. The summed E-state index contributed by atoms with van der Waals surface area (Å²) in [5.41, 5.74) is 5.27. The van der Waals surface area contributed by atoms with Crippen LogP contribution in [0, 0.1) is 0 Å². The second-order valence-corrected chi connectivity index (χ2v) is 17.3. The largest absolute Gasteiger partial charge is 0.505 e. The Morgan fingerprint density at radius 1 is 0.768 bits per heavy atom. The number of sulfone groups is 1. The van der Waals surface area contributed by atoms with Crippen molar-refractivity contribution in [2.45, 2.75) is 19.6 Å². The lowest BCUT2D eigenvalue weighted by atomic mass is 10.1. The number of benzene rings is 4. The van der Waals surface area contributed by atoms with Gasteiger partial charge in [-0.1, -0.05) is 10.1 Å². The van der Waals surface area contributed by atoms with Gasteiger partial charge in [0.25, 0.3) is 10.1 Å². The van der Waals surface area contributed by atoms with Crippen LogP contribution in [0.1, 0.15) is 0 Å². The molecular weight excluding hydrogens is 879 g/mol. The highest BCUT2D eigenvalue weighted by atomic mass is 32.3. The highest BCUT2D eigenvalue weighted by Gasteiger charge is 2.26. The van der Waals surface area contributed by atoms with E-state index in [1.165, 1.54) is 18.2 Å². The first-order chi connectivity index (χ1) is 26.4. The third-order valence-electron chi connectivity index (χ3n) is 6.51. The maximum atomic E-state index is 12.5. The molecule has 7 N–H and O–H groups in total. The fraction of sp³-hybridized carbons (Fsp3) is 0.154. The van der Waals surface area contributed by atoms with Crippen LogP contribution in [-0.4, -0.2) is 78.9 Å². The van der Waals surface area contributed by atoms with Crippen molar-refractivity contribution in [1.29, 1.82) is 0 Å². The minimum atomic E-state index is -5.11. The fourth-order valence-corrected chi connectivity index (χ4v) is 7.60. The lowest BCUT2D eigenvalue weighted by Crippen LogP contribution is -2.15. The van der Waals surface area contributed by atoms with E-state index >= 15 is 0 Å². The number of azo groups is 2. The summed E-state index contributed by atoms with van der Waals surface area (Å²) in [6, 6.07) is 12.6. The SMILES string of the molecule is Nc1c(N=Nc2ccc(SOOCCS(=O)OOO)cc2)c(SOOO)cc2cc(S(=O)(=O)O)c(N=Nc3ccc(S(=O)(=O)CCOS(=O)(=O)O)cc3)c(O)c12. The summed E-state index contributed by atoms with van der Waals surface area (Å²) in [6.45, 7) is -1.04. The summed E-state index contributed by atoms with van der Waals surface area (Å²) in [5, 5.41) is 50.5. The van der Waals surface area contributed by atoms with Crippen LogP contribution in [0.25, 0.3) is 10.8 Å². The number of anilines is 1. The molecule has 0 heterocycles. The van der Waals surface area contributed by atoms with Gasteiger partial charge in [-0.3, -0.25) is 9.11 Å². The molecule has 1 atom stereocenters. The third kappa shape index (κ3) is 12.9. The molecule has 0 spiro atoms. The van der Waals surface area contributed by atoms with Gasteiger partial charge in [-0.05, 0) is 66.0 Å². The van der Waals surface area contributed by atoms with Gasteiger partial charge in [0.2, 0.25) is 0 Å². The number of aromatic hydroxyl groups is 1. The van der Waals surface area contributed by atoms with E-state index in [0.717, 1.165) is 42.4 Å². The van der Waals surface area contributed by atoms with Crippen LogP contribution >= 0.6 is 24.1 Å². The van der Waals surface area contributed by atoms with E-state index in [4.69, 9.17) is 30.0 Å². The van der Waals surface area contributed by atoms with Gasteiger partial charge in [-0.15, -0.1) is 18.9 Å². The Morgan fingerprint density at radius 3 is 1.98 bits per heavy atom. The van der Waals surface area contributed by atoms with Crippen LogP contribution in [0.15, 0.2) is 101 Å². The first kappa shape index (κ1) is 44.9. The second kappa shape index (κ2) is 20.1. The number of hydrogen-bond donors (Lipinski definition) is 6. The summed E-state index contributed by atoms with van der Waals surface area (Å²) >= 11 is -0.815. The maximum absolute atomic E-state index is 12.5. The predicted molar refractivity (Wildman–Crippen MR) is 192 cm³/mol. The number of hydrogen-bond acceptors (Lipinski definition) is 24. The number of nitrogens with two attached hydrogens (primary N) is 1. The summed E-state index contributed by atoms with van der Waals surface area (Å²) < 4.78 is 118. The Hall–Kier alpha value is -3.80. The quantitative estimate of drug-likeness (QED) is 0.0118. The molecule has 0 amide bonds. The molecule has 0 aliphatic heterocycles. The molecule has 4 aromatic rings. The molecule has 0 aliphatic carbocycles. The zero-order valence-corrected chi connectivity index (χ0v) is 32.3. The van der Waals surface area contributed by atoms with Crippen molar-refractivity contribution < 1.29 is 86.3 Å². The minimum absolute atomic E-state index is 0.0305. The van der Waals surface area contributed by atoms with Gasteiger partial charge in [-0.2, -0.15) is 31.4 Å². The third-order valence-corrected chi connectivity index (χ3v) is 11.5. The molecule has 0 radical (unpaired) electrons. The molecule has 304 valence electrons. The first-order valence-corrected chi connectivity index (χ1v) is 21.6. The van der Waals surface area contributed by atoms with Crippen molar-refractivity contribution in [3.63, 3.8) is 0 Å². The van der Waals surface area contributed by atoms with Gasteiger partial charge in [0.15, 0.2) is 26.7 Å². The Bertz CT molecular complexity index is 2440. The van der Waals surface area contributed by atoms with Crippen LogP contribution in [0.2, 0.25) is 0 Å². The summed E-state index contributed by atoms with van der Waals surface area (Å²) in [4.78, 5) is 4.10. The fourth-order valence-electron chi connectivity index (χ4n) is 4.16. The Morgan fingerprint density at radius 2 is 1.39 bits per heavy atom. The van der Waals surface area contributed by atoms with Gasteiger partial charge in [0, 0.05) is 4.90 Å². The van der Waals surface area contributed by atoms with Gasteiger partial charge >= 0.3 is 10.4 Å². The van der Waals surface area contributed by atoms with E-state index < -0.39 is 70.1 Å². The minimum Gasteiger partial charge on any atom is -0.505 e. The zero-order valence-electron chi connectivity index (χ0n) is 27.4. The predicted octanol–water partition coefficient (Wildman–Crippen LogP) is 5.27. The average molecular weight is 904 g/mol. The van der Waals surface area contributed by atoms with E-state index in [0.29, 0.717) is 16.9 Å². The molecule has 0 saturated carbocycles. The maximum Gasteiger partial charge on any atom is 0.397 e. The standard InChI is InChI=1S/C26H25N5O19S6/c27-23-22-15(13-20(52-49-46-33)24(23)30-28-16-1-5-18(6-2-16)51-48-44-9-11-53(35)50-47-34)14-21(55(38,39)40)25(26(22)32)31-29-17-3-7-19(8-4-17)54(36,37)12-10-45-56(41,42)43/h1-8,13-14,32-34H,9-12,27H2,(H,38,39,40)(H,41,42,43). The number of phenolic OH excluding ortho intramolecular Hbond substituents is 1. The van der Waals surface area contributed by atoms with Crippen molar-refractivity contribution >= 4 is 105 Å². The summed E-state index contributed by atoms with van der Waals surface area (Å²) in [6.07, 6.45) is 0. The molecule has 24 nitrogen and oxygen atoms in total. The normalized spacial score (nSPS) is 13.3. The number of fused-ring (bicyclic) bond motifs is 1. The molecule has 4 rings (SSSR count). The van der Waals surface area contributed by atoms with Crippen LogP contribution < -0.4 is 5.73 Å². The van der Waals surface area contributed by atoms with E-state index in [2.05, 4.69) is 43.4 Å². The van der Waals surface area contributed by atoms with Crippen molar-refractivity contribution in [2.24, 2.45) is 20.5 Å². The summed E-state index contributed by atoms with van der Waals surface area (Å²) in [5.74, 6) is -1.88. The number of nitrogens with zero attached hydrogens (tertiary/aromatic N) is 4. The molecule has 0 aromatic heterocycles. The van der Waals surface area contributed by atoms with Gasteiger partial charge in [0.05, 0.1) is 81.0 Å². The molecule has 0 aliphatic rings. The highest BCUT2D eigenvalue weighted by molar-refractivity contribution is 7.95. The van der Waals surface area contributed by atoms with Crippen LogP contribution in [0.5, 0.6) is 5.75 Å². The van der Waals surface area contributed by atoms with Crippen LogP contribution in [0.3, 0.4) is 0 Å². The highest BCUT2D eigenvalue weighted by Crippen LogP contribution is 2.49. The van der Waals surface area contributed by atoms with Crippen LogP contribution in [-0.2, 0) is 73.6 Å². The lowest BCUT2D eigenvalue weighted by Gasteiger charge is -2.14. The zero-order chi connectivity index (χ0) is 41.1. The van der Waals surface area contributed by atoms with Gasteiger partial charge < -0.3 is 10.8 Å². The second-order valence-electron chi connectivity index (χ2n) is 10.1. The smallest absolute Gasteiger partial charge is 0.397 e. The van der Waals surface area contributed by atoms with E-state index in [1.807, 2.05) is 0 Å². The molecule has 30 heteroatoms. The van der Waals surface area contributed by atoms with Crippen molar-refractivity contribution in [3.05, 3.63) is 60.7 Å². The van der Waals surface area contributed by atoms with E-state index in [-0.39, 0.29) is 55.7 Å². The summed E-state index contributed by atoms with van der Waals surface area (Å²) in [7, 11) is -14.1. The Labute approximate surface area is 326 Å². The molecular formula is C26H25N5O19S6.